The van der Waals surface area contributed by atoms with Gasteiger partial charge in [0.25, 0.3) is 11.5 Å². The van der Waals surface area contributed by atoms with Gasteiger partial charge in [0.1, 0.15) is 0 Å². The highest BCUT2D eigenvalue weighted by Crippen LogP contribution is 2.28. The lowest BCUT2D eigenvalue weighted by molar-refractivity contribution is -0.123. The summed E-state index contributed by atoms with van der Waals surface area (Å²) in [7, 11) is 0. The van der Waals surface area contributed by atoms with Gasteiger partial charge in [-0.05, 0) is 31.0 Å². The molecule has 7 heteroatoms. The van der Waals surface area contributed by atoms with Gasteiger partial charge in [-0.1, -0.05) is 36.4 Å². The number of hydrogen-bond donors (Lipinski definition) is 2. The van der Waals surface area contributed by atoms with Crippen LogP contribution in [0.15, 0.2) is 59.4 Å². The van der Waals surface area contributed by atoms with Crippen LogP contribution in [0.3, 0.4) is 0 Å². The first-order valence-corrected chi connectivity index (χ1v) is 8.33. The average molecular weight is 348 g/mol. The van der Waals surface area contributed by atoms with Crippen LogP contribution in [-0.4, -0.2) is 21.6 Å². The minimum Gasteiger partial charge on any atom is -0.273 e. The molecule has 0 bridgehead atoms. The number of para-hydroxylation sites is 1. The molecule has 7 nitrogen and oxygen atoms in total. The van der Waals surface area contributed by atoms with Crippen LogP contribution in [0.5, 0.6) is 0 Å². The molecule has 1 aliphatic rings. The van der Waals surface area contributed by atoms with Crippen molar-refractivity contribution in [3.8, 4) is 5.69 Å². The van der Waals surface area contributed by atoms with E-state index in [1.807, 2.05) is 6.07 Å². The van der Waals surface area contributed by atoms with Crippen molar-refractivity contribution in [3.05, 3.63) is 70.6 Å². The fourth-order valence-electron chi connectivity index (χ4n) is 2.73. The zero-order chi connectivity index (χ0) is 18.1. The van der Waals surface area contributed by atoms with E-state index < -0.39 is 5.91 Å². The van der Waals surface area contributed by atoms with E-state index in [0.717, 1.165) is 12.8 Å². The topological polar surface area (TPSA) is 93.1 Å². The second-order valence-electron chi connectivity index (χ2n) is 6.16. The zero-order valence-corrected chi connectivity index (χ0v) is 13.8. The molecule has 0 unspecified atom stereocenters. The number of hydrogen-bond acceptors (Lipinski definition) is 4. The molecule has 2 N–H and O–H groups in total. The summed E-state index contributed by atoms with van der Waals surface area (Å²) in [5.74, 6) is -0.808. The van der Waals surface area contributed by atoms with Gasteiger partial charge in [0.15, 0.2) is 5.69 Å². The molecule has 130 valence electrons. The maximum absolute atomic E-state index is 12.8. The van der Waals surface area contributed by atoms with Crippen LogP contribution >= 0.6 is 0 Å². The summed E-state index contributed by atoms with van der Waals surface area (Å²) in [4.78, 5) is 37.1. The Labute approximate surface area is 148 Å². The lowest BCUT2D eigenvalue weighted by atomic mass is 10.1. The van der Waals surface area contributed by atoms with E-state index in [-0.39, 0.29) is 23.1 Å². The average Bonchev–Trinajstić information content (AvgIpc) is 3.52. The van der Waals surface area contributed by atoms with E-state index in [4.69, 9.17) is 0 Å². The molecule has 1 heterocycles. The minimum absolute atomic E-state index is 0.0294. The van der Waals surface area contributed by atoms with Crippen molar-refractivity contribution in [2.45, 2.75) is 12.8 Å². The van der Waals surface area contributed by atoms with Crippen LogP contribution in [0.4, 0.5) is 0 Å². The van der Waals surface area contributed by atoms with Crippen LogP contribution in [-0.2, 0) is 4.79 Å². The molecule has 4 rings (SSSR count). The Morgan fingerprint density at radius 1 is 0.923 bits per heavy atom. The normalized spacial score (nSPS) is 13.4. The first-order chi connectivity index (χ1) is 12.6. The van der Waals surface area contributed by atoms with Crippen molar-refractivity contribution < 1.29 is 9.59 Å². The van der Waals surface area contributed by atoms with Gasteiger partial charge in [0.05, 0.1) is 11.1 Å². The van der Waals surface area contributed by atoms with Crippen molar-refractivity contribution in [2.24, 2.45) is 5.92 Å². The van der Waals surface area contributed by atoms with E-state index in [1.165, 1.54) is 4.68 Å². The van der Waals surface area contributed by atoms with Crippen LogP contribution in [0.25, 0.3) is 16.5 Å². The predicted molar refractivity (Wildman–Crippen MR) is 95.7 cm³/mol. The summed E-state index contributed by atoms with van der Waals surface area (Å²) in [5, 5.41) is 5.06. The first kappa shape index (κ1) is 16.0. The number of benzene rings is 2. The van der Waals surface area contributed by atoms with Crippen molar-refractivity contribution in [3.63, 3.8) is 0 Å². The Kier molecular flexibility index (Phi) is 3.96. The van der Waals surface area contributed by atoms with E-state index in [0.29, 0.717) is 16.5 Å². The van der Waals surface area contributed by atoms with Crippen molar-refractivity contribution >= 4 is 22.6 Å². The van der Waals surface area contributed by atoms with E-state index in [9.17, 15) is 14.4 Å². The molecule has 0 spiro atoms. The van der Waals surface area contributed by atoms with E-state index in [1.54, 1.807) is 48.5 Å². The summed E-state index contributed by atoms with van der Waals surface area (Å²) in [6.45, 7) is 0. The number of hydrazine groups is 1. The van der Waals surface area contributed by atoms with E-state index in [2.05, 4.69) is 16.0 Å². The summed E-state index contributed by atoms with van der Waals surface area (Å²) in [5.41, 5.74) is 5.12. The molecule has 0 aliphatic heterocycles. The fourth-order valence-corrected chi connectivity index (χ4v) is 2.73. The lowest BCUT2D eigenvalue weighted by Crippen LogP contribution is -2.43. The van der Waals surface area contributed by atoms with Gasteiger partial charge >= 0.3 is 0 Å². The fraction of sp³-hybridized carbons (Fsp3) is 0.158. The second-order valence-corrected chi connectivity index (χ2v) is 6.16. The molecule has 1 aromatic heterocycles. The van der Waals surface area contributed by atoms with Gasteiger partial charge in [0, 0.05) is 11.3 Å². The highest BCUT2D eigenvalue weighted by Gasteiger charge is 2.30. The van der Waals surface area contributed by atoms with E-state index >= 15 is 0 Å². The van der Waals surface area contributed by atoms with Crippen molar-refractivity contribution in [1.29, 1.82) is 0 Å². The molecular weight excluding hydrogens is 332 g/mol. The van der Waals surface area contributed by atoms with Gasteiger partial charge in [-0.3, -0.25) is 25.2 Å². The predicted octanol–water partition coefficient (Wildman–Crippen LogP) is 1.56. The standard InChI is InChI=1S/C19H16N4O3/c24-17(12-10-11-12)20-21-18(25)16-14-8-4-5-9-15(14)19(26)23(22-16)13-6-2-1-3-7-13/h1-9,12H,10-11H2,(H,20,24)(H,21,25). The molecule has 0 saturated heterocycles. The first-order valence-electron chi connectivity index (χ1n) is 8.33. The number of carbonyl (C=O) groups is 2. The maximum atomic E-state index is 12.8. The highest BCUT2D eigenvalue weighted by molar-refractivity contribution is 6.05. The third-order valence-corrected chi connectivity index (χ3v) is 4.27. The number of fused-ring (bicyclic) bond motifs is 1. The third-order valence-electron chi connectivity index (χ3n) is 4.27. The molecule has 1 saturated carbocycles. The third kappa shape index (κ3) is 2.95. The van der Waals surface area contributed by atoms with Crippen LogP contribution in [0, 0.1) is 5.92 Å². The maximum Gasteiger partial charge on any atom is 0.290 e. The highest BCUT2D eigenvalue weighted by atomic mass is 16.2. The molecule has 26 heavy (non-hydrogen) atoms. The number of rotatable bonds is 3. The Hall–Kier alpha value is -3.48. The molecule has 2 aromatic carbocycles. The number of nitrogens with one attached hydrogen (secondary N) is 2. The lowest BCUT2D eigenvalue weighted by Gasteiger charge is -2.11. The molecule has 0 atom stereocenters. The Balaban J connectivity index is 1.77. The van der Waals surface area contributed by atoms with Gasteiger partial charge in [-0.15, -0.1) is 0 Å². The number of aromatic nitrogens is 2. The Bertz CT molecular complexity index is 1060. The largest absolute Gasteiger partial charge is 0.290 e. The van der Waals surface area contributed by atoms with Gasteiger partial charge in [-0.25, -0.2) is 0 Å². The van der Waals surface area contributed by atoms with Crippen LogP contribution < -0.4 is 16.4 Å². The van der Waals surface area contributed by atoms with Crippen LogP contribution in [0.2, 0.25) is 0 Å². The molecule has 1 fully saturated rings. The zero-order valence-electron chi connectivity index (χ0n) is 13.8. The molecule has 0 radical (unpaired) electrons. The molecular formula is C19H16N4O3. The van der Waals surface area contributed by atoms with Gasteiger partial charge in [0.2, 0.25) is 5.91 Å². The van der Waals surface area contributed by atoms with Crippen molar-refractivity contribution in [1.82, 2.24) is 20.6 Å². The monoisotopic (exact) mass is 348 g/mol. The number of nitrogens with zero attached hydrogens (tertiary/aromatic N) is 2. The van der Waals surface area contributed by atoms with Gasteiger partial charge < -0.3 is 0 Å². The summed E-state index contributed by atoms with van der Waals surface area (Å²) in [6, 6.07) is 15.7. The summed E-state index contributed by atoms with van der Waals surface area (Å²) < 4.78 is 1.19. The summed E-state index contributed by atoms with van der Waals surface area (Å²) >= 11 is 0. The number of carbonyl (C=O) groups excluding carboxylic acids is 2. The quantitative estimate of drug-likeness (QED) is 0.703. The molecule has 1 aliphatic carbocycles. The number of amides is 2. The second kappa shape index (κ2) is 6.44. The Morgan fingerprint density at radius 2 is 1.58 bits per heavy atom. The van der Waals surface area contributed by atoms with Crippen molar-refractivity contribution in [2.75, 3.05) is 0 Å². The SMILES string of the molecule is O=C(NNC(=O)C1CC1)c1nn(-c2ccccc2)c(=O)c2ccccc12. The Morgan fingerprint density at radius 3 is 2.27 bits per heavy atom. The smallest absolute Gasteiger partial charge is 0.273 e. The van der Waals surface area contributed by atoms with Crippen LogP contribution in [0.1, 0.15) is 23.3 Å². The molecule has 2 amide bonds. The van der Waals surface area contributed by atoms with Gasteiger partial charge in [-0.2, -0.15) is 9.78 Å². The minimum atomic E-state index is -0.570. The summed E-state index contributed by atoms with van der Waals surface area (Å²) in [6.07, 6.45) is 1.67. The molecule has 3 aromatic rings.